The van der Waals surface area contributed by atoms with Crippen molar-refractivity contribution in [1.29, 1.82) is 0 Å². The quantitative estimate of drug-likeness (QED) is 0.428. The fourth-order valence-electron chi connectivity index (χ4n) is 3.88. The minimum absolute atomic E-state index is 0.0767. The number of nitrogens with zero attached hydrogens (tertiary/aromatic N) is 1. The minimum Gasteiger partial charge on any atom is -0.492 e. The van der Waals surface area contributed by atoms with Gasteiger partial charge in [-0.25, -0.2) is 0 Å². The molecule has 0 aliphatic carbocycles. The number of halogens is 1. The molecule has 1 unspecified atom stereocenters. The maximum absolute atomic E-state index is 12.5. The summed E-state index contributed by atoms with van der Waals surface area (Å²) in [5, 5.41) is 0. The molecule has 35 heavy (non-hydrogen) atoms. The van der Waals surface area contributed by atoms with E-state index in [0.29, 0.717) is 35.5 Å². The number of benzene rings is 3. The van der Waals surface area contributed by atoms with Crippen LogP contribution >= 0.6 is 15.9 Å². The third-order valence-corrected chi connectivity index (χ3v) is 6.41. The Balaban J connectivity index is 1.24. The lowest BCUT2D eigenvalue weighted by Crippen LogP contribution is -2.45. The van der Waals surface area contributed by atoms with E-state index in [1.807, 2.05) is 60.7 Å². The Morgan fingerprint density at radius 3 is 2.31 bits per heavy atom. The average molecular weight is 536 g/mol. The van der Waals surface area contributed by atoms with Crippen LogP contribution in [0.4, 0.5) is 0 Å². The first kappa shape index (κ1) is 24.5. The first-order chi connectivity index (χ1) is 17.0. The highest BCUT2D eigenvalue weighted by molar-refractivity contribution is 9.10. The van der Waals surface area contributed by atoms with E-state index in [2.05, 4.69) is 26.8 Å². The van der Waals surface area contributed by atoms with Gasteiger partial charge in [-0.15, -0.1) is 0 Å². The number of rotatable bonds is 8. The largest absolute Gasteiger partial charge is 0.492 e. The second-order valence-corrected chi connectivity index (χ2v) is 9.19. The zero-order valence-electron chi connectivity index (χ0n) is 19.1. The summed E-state index contributed by atoms with van der Waals surface area (Å²) < 4.78 is 6.46. The zero-order chi connectivity index (χ0) is 24.6. The van der Waals surface area contributed by atoms with Gasteiger partial charge in [0.25, 0.3) is 5.91 Å². The molecule has 0 radical (unpaired) electrons. The van der Waals surface area contributed by atoms with Crippen molar-refractivity contribution >= 4 is 33.7 Å². The van der Waals surface area contributed by atoms with E-state index in [4.69, 9.17) is 4.74 Å². The van der Waals surface area contributed by atoms with Gasteiger partial charge in [-0.2, -0.15) is 0 Å². The van der Waals surface area contributed by atoms with Crippen molar-refractivity contribution in [2.75, 3.05) is 13.2 Å². The van der Waals surface area contributed by atoms with Crippen LogP contribution in [0.1, 0.15) is 27.9 Å². The molecule has 1 saturated heterocycles. The number of carbonyl (C=O) groups excluding carboxylic acids is 3. The summed E-state index contributed by atoms with van der Waals surface area (Å²) in [6, 6.07) is 24.6. The highest BCUT2D eigenvalue weighted by Gasteiger charge is 2.34. The van der Waals surface area contributed by atoms with Crippen molar-refractivity contribution < 1.29 is 19.1 Å². The van der Waals surface area contributed by atoms with Gasteiger partial charge < -0.3 is 9.64 Å². The topological polar surface area (TPSA) is 87.7 Å². The molecule has 3 aromatic rings. The molecule has 2 N–H and O–H groups in total. The molecular weight excluding hydrogens is 510 g/mol. The highest BCUT2D eigenvalue weighted by Crippen LogP contribution is 2.26. The number of carbonyl (C=O) groups is 3. The second kappa shape index (κ2) is 11.7. The third-order valence-electron chi connectivity index (χ3n) is 5.79. The Kier molecular flexibility index (Phi) is 8.15. The first-order valence-corrected chi connectivity index (χ1v) is 12.2. The van der Waals surface area contributed by atoms with E-state index >= 15 is 0 Å². The van der Waals surface area contributed by atoms with Gasteiger partial charge in [0.15, 0.2) is 0 Å². The molecule has 1 aliphatic heterocycles. The molecule has 1 fully saturated rings. The summed E-state index contributed by atoms with van der Waals surface area (Å²) in [6.07, 6.45) is 0.892. The van der Waals surface area contributed by atoms with E-state index in [9.17, 15) is 14.4 Å². The van der Waals surface area contributed by atoms with Crippen LogP contribution in [0.15, 0.2) is 83.3 Å². The van der Waals surface area contributed by atoms with Crippen LogP contribution in [-0.2, 0) is 22.6 Å². The van der Waals surface area contributed by atoms with Crippen molar-refractivity contribution in [3.63, 3.8) is 0 Å². The summed E-state index contributed by atoms with van der Waals surface area (Å²) in [7, 11) is 0. The number of hydrogen-bond donors (Lipinski definition) is 2. The summed E-state index contributed by atoms with van der Waals surface area (Å²) in [6.45, 7) is 1.28. The molecule has 180 valence electrons. The standard InChI is InChI=1S/C27H26BrN3O4/c28-23-15-21(11-12-24(23)35-14-13-19-7-3-1-4-8-19)26(33)29-30-27(34)22-16-25(32)31(18-22)17-20-9-5-2-6-10-20/h1-12,15,22H,13-14,16-18H2,(H,29,33)(H,30,34). The van der Waals surface area contributed by atoms with Crippen LogP contribution in [0.2, 0.25) is 0 Å². The smallest absolute Gasteiger partial charge is 0.269 e. The predicted octanol–water partition coefficient (Wildman–Crippen LogP) is 3.88. The van der Waals surface area contributed by atoms with Gasteiger partial charge in [0.2, 0.25) is 11.8 Å². The van der Waals surface area contributed by atoms with Crippen molar-refractivity contribution in [2.45, 2.75) is 19.4 Å². The van der Waals surface area contributed by atoms with Gasteiger partial charge in [-0.1, -0.05) is 60.7 Å². The van der Waals surface area contributed by atoms with Gasteiger partial charge in [-0.05, 0) is 45.3 Å². The molecule has 3 amide bonds. The number of amides is 3. The molecule has 0 spiro atoms. The molecule has 1 heterocycles. The van der Waals surface area contributed by atoms with Gasteiger partial charge >= 0.3 is 0 Å². The van der Waals surface area contributed by atoms with Gasteiger partial charge in [0.1, 0.15) is 5.75 Å². The molecule has 8 heteroatoms. The minimum atomic E-state index is -0.515. The van der Waals surface area contributed by atoms with E-state index in [0.717, 1.165) is 12.0 Å². The number of hydrogen-bond acceptors (Lipinski definition) is 4. The lowest BCUT2D eigenvalue weighted by atomic mass is 10.1. The van der Waals surface area contributed by atoms with E-state index in [1.165, 1.54) is 5.56 Å². The summed E-state index contributed by atoms with van der Waals surface area (Å²) in [5.74, 6) is -0.808. The average Bonchev–Trinajstić information content (AvgIpc) is 3.24. The first-order valence-electron chi connectivity index (χ1n) is 11.4. The van der Waals surface area contributed by atoms with Crippen molar-refractivity contribution in [3.8, 4) is 5.75 Å². The lowest BCUT2D eigenvalue weighted by molar-refractivity contribution is -0.129. The van der Waals surface area contributed by atoms with Gasteiger partial charge in [0.05, 0.1) is 17.0 Å². The highest BCUT2D eigenvalue weighted by atomic mass is 79.9. The van der Waals surface area contributed by atoms with E-state index in [-0.39, 0.29) is 18.2 Å². The van der Waals surface area contributed by atoms with Crippen molar-refractivity contribution in [3.05, 3.63) is 100 Å². The molecule has 1 atom stereocenters. The fourth-order valence-corrected chi connectivity index (χ4v) is 4.37. The molecule has 0 bridgehead atoms. The van der Waals surface area contributed by atoms with Crippen LogP contribution in [0.3, 0.4) is 0 Å². The van der Waals surface area contributed by atoms with Crippen LogP contribution in [0.5, 0.6) is 5.75 Å². The molecule has 4 rings (SSSR count). The Bertz CT molecular complexity index is 1190. The molecule has 0 aromatic heterocycles. The van der Waals surface area contributed by atoms with Crippen LogP contribution in [-0.4, -0.2) is 35.8 Å². The third kappa shape index (κ3) is 6.70. The predicted molar refractivity (Wildman–Crippen MR) is 135 cm³/mol. The summed E-state index contributed by atoms with van der Waals surface area (Å²) >= 11 is 3.44. The Morgan fingerprint density at radius 2 is 1.63 bits per heavy atom. The van der Waals surface area contributed by atoms with Crippen LogP contribution in [0, 0.1) is 5.92 Å². The van der Waals surface area contributed by atoms with Crippen molar-refractivity contribution in [2.24, 2.45) is 5.92 Å². The number of likely N-dealkylation sites (tertiary alicyclic amines) is 1. The normalized spacial score (nSPS) is 15.1. The van der Waals surface area contributed by atoms with E-state index in [1.54, 1.807) is 23.1 Å². The Labute approximate surface area is 212 Å². The molecule has 7 nitrogen and oxygen atoms in total. The summed E-state index contributed by atoms with van der Waals surface area (Å²) in [5.41, 5.74) is 7.44. The lowest BCUT2D eigenvalue weighted by Gasteiger charge is -2.17. The Hall–Kier alpha value is -3.65. The number of hydrazine groups is 1. The van der Waals surface area contributed by atoms with Crippen LogP contribution < -0.4 is 15.6 Å². The maximum Gasteiger partial charge on any atom is 0.269 e. The van der Waals surface area contributed by atoms with Crippen LogP contribution in [0.25, 0.3) is 0 Å². The van der Waals surface area contributed by atoms with Gasteiger partial charge in [0, 0.05) is 31.5 Å². The monoisotopic (exact) mass is 535 g/mol. The number of nitrogens with one attached hydrogen (secondary N) is 2. The molecule has 1 aliphatic rings. The maximum atomic E-state index is 12.5. The molecule has 3 aromatic carbocycles. The fraction of sp³-hybridized carbons (Fsp3) is 0.222. The number of ether oxygens (including phenoxy) is 1. The zero-order valence-corrected chi connectivity index (χ0v) is 20.7. The van der Waals surface area contributed by atoms with E-state index < -0.39 is 11.8 Å². The Morgan fingerprint density at radius 1 is 0.943 bits per heavy atom. The summed E-state index contributed by atoms with van der Waals surface area (Å²) in [4.78, 5) is 39.1. The molecule has 0 saturated carbocycles. The molecular formula is C27H26BrN3O4. The van der Waals surface area contributed by atoms with Crippen molar-refractivity contribution in [1.82, 2.24) is 15.8 Å². The SMILES string of the molecule is O=C(NNC(=O)C1CC(=O)N(Cc2ccccc2)C1)c1ccc(OCCc2ccccc2)c(Br)c1. The second-order valence-electron chi connectivity index (χ2n) is 8.33. The van der Waals surface area contributed by atoms with Gasteiger partial charge in [-0.3, -0.25) is 25.2 Å².